The number of nitrogens with zero attached hydrogens (tertiary/aromatic N) is 2. The summed E-state index contributed by atoms with van der Waals surface area (Å²) in [6.45, 7) is 1.76. The quantitative estimate of drug-likeness (QED) is 0.738. The summed E-state index contributed by atoms with van der Waals surface area (Å²) >= 11 is 0. The average Bonchev–Trinajstić information content (AvgIpc) is 3.40. The number of hydrogen-bond donors (Lipinski definition) is 3. The number of aliphatic carboxylic acids is 1. The third-order valence-corrected chi connectivity index (χ3v) is 4.17. The van der Waals surface area contributed by atoms with Gasteiger partial charge >= 0.3 is 5.97 Å². The van der Waals surface area contributed by atoms with Crippen molar-refractivity contribution in [1.29, 1.82) is 0 Å². The first kappa shape index (κ1) is 16.9. The van der Waals surface area contributed by atoms with Gasteiger partial charge in [-0.1, -0.05) is 18.2 Å². The minimum Gasteiger partial charge on any atom is -0.508 e. The van der Waals surface area contributed by atoms with Crippen LogP contribution in [-0.4, -0.2) is 38.1 Å². The molecule has 3 N–H and O–H groups in total. The maximum atomic E-state index is 12.6. The lowest BCUT2D eigenvalue weighted by Gasteiger charge is -2.16. The summed E-state index contributed by atoms with van der Waals surface area (Å²) in [4.78, 5) is 32.5. The van der Waals surface area contributed by atoms with Crippen molar-refractivity contribution in [2.24, 2.45) is 0 Å². The molecule has 1 aromatic carbocycles. The Morgan fingerprint density at radius 1 is 1.32 bits per heavy atom. The average molecular weight is 341 g/mol. The fourth-order valence-corrected chi connectivity index (χ4v) is 2.67. The molecule has 1 heterocycles. The number of hydrogen-bond acceptors (Lipinski definition) is 5. The van der Waals surface area contributed by atoms with E-state index in [0.29, 0.717) is 22.6 Å². The molecule has 1 saturated carbocycles. The Morgan fingerprint density at radius 2 is 2.04 bits per heavy atom. The molecule has 1 aliphatic rings. The van der Waals surface area contributed by atoms with Crippen LogP contribution in [0.4, 0.5) is 0 Å². The molecule has 1 unspecified atom stereocenters. The normalized spacial score (nSPS) is 14.8. The van der Waals surface area contributed by atoms with Crippen LogP contribution in [-0.2, 0) is 11.2 Å². The van der Waals surface area contributed by atoms with Crippen LogP contribution in [0, 0.1) is 6.92 Å². The number of phenolic OH excluding ortho intramolecular Hbond substituents is 1. The zero-order chi connectivity index (χ0) is 18.0. The molecule has 0 saturated heterocycles. The van der Waals surface area contributed by atoms with Crippen molar-refractivity contribution < 1.29 is 19.8 Å². The molecule has 2 aromatic rings. The van der Waals surface area contributed by atoms with Crippen LogP contribution in [0.3, 0.4) is 0 Å². The highest BCUT2D eigenvalue weighted by atomic mass is 16.4. The van der Waals surface area contributed by atoms with Crippen LogP contribution in [0.15, 0.2) is 30.5 Å². The van der Waals surface area contributed by atoms with Gasteiger partial charge in [0.1, 0.15) is 17.6 Å². The minimum absolute atomic E-state index is 0.000313. The van der Waals surface area contributed by atoms with Gasteiger partial charge in [-0.2, -0.15) is 0 Å². The third kappa shape index (κ3) is 3.93. The van der Waals surface area contributed by atoms with Crippen molar-refractivity contribution in [3.05, 3.63) is 53.1 Å². The molecule has 0 spiro atoms. The van der Waals surface area contributed by atoms with Crippen molar-refractivity contribution in [2.75, 3.05) is 0 Å². The van der Waals surface area contributed by atoms with Crippen LogP contribution in [0.1, 0.15) is 46.2 Å². The number of nitrogens with one attached hydrogen (secondary N) is 1. The number of rotatable bonds is 6. The number of amides is 1. The molecule has 1 amide bonds. The summed E-state index contributed by atoms with van der Waals surface area (Å²) in [5.41, 5.74) is 1.45. The van der Waals surface area contributed by atoms with E-state index in [1.807, 2.05) is 0 Å². The smallest absolute Gasteiger partial charge is 0.326 e. The number of para-hydroxylation sites is 1. The maximum absolute atomic E-state index is 12.6. The first-order valence-electron chi connectivity index (χ1n) is 8.09. The lowest BCUT2D eigenvalue weighted by molar-refractivity contribution is -0.139. The molecule has 0 radical (unpaired) electrons. The van der Waals surface area contributed by atoms with Gasteiger partial charge in [-0.15, -0.1) is 0 Å². The van der Waals surface area contributed by atoms with Gasteiger partial charge in [-0.25, -0.2) is 14.8 Å². The highest BCUT2D eigenvalue weighted by molar-refractivity contribution is 5.97. The third-order valence-electron chi connectivity index (χ3n) is 4.17. The van der Waals surface area contributed by atoms with Crippen LogP contribution in [0.5, 0.6) is 5.75 Å². The monoisotopic (exact) mass is 341 g/mol. The molecule has 3 rings (SSSR count). The van der Waals surface area contributed by atoms with Gasteiger partial charge in [-0.3, -0.25) is 4.79 Å². The SMILES string of the molecule is Cc1ncc(C(=O)NC(Cc2ccccc2O)C(=O)O)c(C2CC2)n1. The van der Waals surface area contributed by atoms with Crippen molar-refractivity contribution in [1.82, 2.24) is 15.3 Å². The molecule has 7 nitrogen and oxygen atoms in total. The summed E-state index contributed by atoms with van der Waals surface area (Å²) in [5, 5.41) is 21.8. The van der Waals surface area contributed by atoms with Gasteiger partial charge in [0, 0.05) is 18.5 Å². The molecule has 1 aliphatic carbocycles. The standard InChI is InChI=1S/C18H19N3O4/c1-10-19-9-13(16(20-10)11-6-7-11)17(23)21-14(18(24)25)8-12-4-2-3-5-15(12)22/h2-5,9,11,14,22H,6-8H2,1H3,(H,21,23)(H,24,25). The first-order valence-corrected chi connectivity index (χ1v) is 8.09. The van der Waals surface area contributed by atoms with Gasteiger partial charge in [-0.05, 0) is 31.4 Å². The predicted octanol–water partition coefficient (Wildman–Crippen LogP) is 1.79. The number of aryl methyl sites for hydroxylation is 1. The molecule has 1 fully saturated rings. The second-order valence-electron chi connectivity index (χ2n) is 6.19. The van der Waals surface area contributed by atoms with E-state index in [0.717, 1.165) is 12.8 Å². The number of carbonyl (C=O) groups is 2. The summed E-state index contributed by atoms with van der Waals surface area (Å²) in [7, 11) is 0. The topological polar surface area (TPSA) is 112 Å². The molecule has 0 aliphatic heterocycles. The Balaban J connectivity index is 1.80. The molecule has 1 aromatic heterocycles. The van der Waals surface area contributed by atoms with Crippen LogP contribution in [0.2, 0.25) is 0 Å². The molecular weight excluding hydrogens is 322 g/mol. The molecular formula is C18H19N3O4. The summed E-state index contributed by atoms with van der Waals surface area (Å²) in [5.74, 6) is -0.853. The summed E-state index contributed by atoms with van der Waals surface area (Å²) in [6, 6.07) is 5.30. The molecule has 25 heavy (non-hydrogen) atoms. The Hall–Kier alpha value is -2.96. The van der Waals surface area contributed by atoms with E-state index in [4.69, 9.17) is 0 Å². The van der Waals surface area contributed by atoms with Gasteiger partial charge in [0.25, 0.3) is 5.91 Å². The fourth-order valence-electron chi connectivity index (χ4n) is 2.67. The van der Waals surface area contributed by atoms with Gasteiger partial charge < -0.3 is 15.5 Å². The number of benzene rings is 1. The fraction of sp³-hybridized carbons (Fsp3) is 0.333. The first-order chi connectivity index (χ1) is 12.0. The number of carboxylic acid groups (broad SMARTS) is 1. The van der Waals surface area contributed by atoms with E-state index in [1.165, 1.54) is 12.3 Å². The van der Waals surface area contributed by atoms with E-state index in [9.17, 15) is 19.8 Å². The maximum Gasteiger partial charge on any atom is 0.326 e. The Kier molecular flexibility index (Phi) is 4.65. The number of aromatic hydroxyl groups is 1. The van der Waals surface area contributed by atoms with E-state index < -0.39 is 17.9 Å². The van der Waals surface area contributed by atoms with E-state index in [1.54, 1.807) is 25.1 Å². The summed E-state index contributed by atoms with van der Waals surface area (Å²) < 4.78 is 0. The summed E-state index contributed by atoms with van der Waals surface area (Å²) in [6.07, 6.45) is 3.37. The minimum atomic E-state index is -1.17. The lowest BCUT2D eigenvalue weighted by Crippen LogP contribution is -2.42. The predicted molar refractivity (Wildman–Crippen MR) is 89.4 cm³/mol. The Morgan fingerprint density at radius 3 is 2.68 bits per heavy atom. The van der Waals surface area contributed by atoms with Gasteiger partial charge in [0.05, 0.1) is 11.3 Å². The molecule has 7 heteroatoms. The number of carboxylic acids is 1. The van der Waals surface area contributed by atoms with Gasteiger partial charge in [0.2, 0.25) is 0 Å². The highest BCUT2D eigenvalue weighted by Gasteiger charge is 2.31. The molecule has 130 valence electrons. The largest absolute Gasteiger partial charge is 0.508 e. The van der Waals surface area contributed by atoms with Crippen molar-refractivity contribution >= 4 is 11.9 Å². The Bertz CT molecular complexity index is 818. The zero-order valence-corrected chi connectivity index (χ0v) is 13.8. The van der Waals surface area contributed by atoms with E-state index >= 15 is 0 Å². The van der Waals surface area contributed by atoms with E-state index in [-0.39, 0.29) is 18.1 Å². The van der Waals surface area contributed by atoms with Crippen molar-refractivity contribution in [3.8, 4) is 5.75 Å². The number of carbonyl (C=O) groups excluding carboxylic acids is 1. The van der Waals surface area contributed by atoms with Crippen molar-refractivity contribution in [3.63, 3.8) is 0 Å². The lowest BCUT2D eigenvalue weighted by atomic mass is 10.0. The van der Waals surface area contributed by atoms with Gasteiger partial charge in [0.15, 0.2) is 0 Å². The van der Waals surface area contributed by atoms with Crippen molar-refractivity contribution in [2.45, 2.75) is 38.1 Å². The van der Waals surface area contributed by atoms with Crippen LogP contribution in [0.25, 0.3) is 0 Å². The second-order valence-corrected chi connectivity index (χ2v) is 6.19. The second kappa shape index (κ2) is 6.88. The van der Waals surface area contributed by atoms with Crippen LogP contribution >= 0.6 is 0 Å². The molecule has 1 atom stereocenters. The van der Waals surface area contributed by atoms with E-state index in [2.05, 4.69) is 15.3 Å². The zero-order valence-electron chi connectivity index (χ0n) is 13.8. The highest BCUT2D eigenvalue weighted by Crippen LogP contribution is 2.40. The van der Waals surface area contributed by atoms with Crippen LogP contribution < -0.4 is 5.32 Å². The number of phenols is 1. The molecule has 0 bridgehead atoms. The Labute approximate surface area is 144 Å². The number of aromatic nitrogens is 2.